The number of hydrogen-bond donors (Lipinski definition) is 2. The van der Waals surface area contributed by atoms with Gasteiger partial charge < -0.3 is 10.4 Å². The summed E-state index contributed by atoms with van der Waals surface area (Å²) < 4.78 is 0. The van der Waals surface area contributed by atoms with Gasteiger partial charge in [-0.05, 0) is 37.1 Å². The molecule has 18 heavy (non-hydrogen) atoms. The number of carbonyl (C=O) groups is 2. The highest BCUT2D eigenvalue weighted by Gasteiger charge is 2.07. The van der Waals surface area contributed by atoms with Gasteiger partial charge in [0.25, 0.3) is 5.91 Å². The minimum absolute atomic E-state index is 0.113. The number of rotatable bonds is 5. The number of carbonyl (C=O) groups excluding carboxylic acids is 1. The van der Waals surface area contributed by atoms with Crippen LogP contribution < -0.4 is 5.32 Å². The van der Waals surface area contributed by atoms with Crippen molar-refractivity contribution in [3.63, 3.8) is 0 Å². The monoisotopic (exact) mass is 247 g/mol. The summed E-state index contributed by atoms with van der Waals surface area (Å²) in [5, 5.41) is 11.4. The fraction of sp³-hybridized carbons (Fsp3) is 0.286. The predicted octanol–water partition coefficient (Wildman–Crippen LogP) is 2.31. The molecular weight excluding hydrogens is 230 g/mol. The lowest BCUT2D eigenvalue weighted by Crippen LogP contribution is -2.31. The van der Waals surface area contributed by atoms with E-state index in [1.165, 1.54) is 6.08 Å². The first-order valence-electron chi connectivity index (χ1n) is 5.85. The molecule has 1 unspecified atom stereocenters. The maximum atomic E-state index is 11.8. The third-order valence-electron chi connectivity index (χ3n) is 2.58. The smallest absolute Gasteiger partial charge is 0.328 e. The summed E-state index contributed by atoms with van der Waals surface area (Å²) in [4.78, 5) is 22.1. The number of nitrogens with one attached hydrogen (secondary N) is 1. The Bertz CT molecular complexity index is 449. The number of carboxylic acid groups (broad SMARTS) is 1. The fourth-order valence-electron chi connectivity index (χ4n) is 1.32. The van der Waals surface area contributed by atoms with E-state index < -0.39 is 5.97 Å². The van der Waals surface area contributed by atoms with Gasteiger partial charge in [0, 0.05) is 17.7 Å². The highest BCUT2D eigenvalue weighted by Crippen LogP contribution is 2.07. The summed E-state index contributed by atoms with van der Waals surface area (Å²) in [7, 11) is 0. The zero-order valence-electron chi connectivity index (χ0n) is 10.5. The fourth-order valence-corrected chi connectivity index (χ4v) is 1.32. The summed E-state index contributed by atoms with van der Waals surface area (Å²) in [6.45, 7) is 3.95. The molecule has 2 N–H and O–H groups in total. The van der Waals surface area contributed by atoms with Crippen molar-refractivity contribution < 1.29 is 14.7 Å². The number of aliphatic carboxylic acids is 1. The van der Waals surface area contributed by atoms with Crippen molar-refractivity contribution in [1.29, 1.82) is 0 Å². The van der Waals surface area contributed by atoms with E-state index in [0.717, 1.165) is 18.1 Å². The van der Waals surface area contributed by atoms with Gasteiger partial charge in [0.2, 0.25) is 0 Å². The van der Waals surface area contributed by atoms with Crippen molar-refractivity contribution in [2.75, 3.05) is 0 Å². The normalized spacial score (nSPS) is 12.3. The third kappa shape index (κ3) is 4.41. The van der Waals surface area contributed by atoms with Crippen LogP contribution in [0, 0.1) is 0 Å². The summed E-state index contributed by atoms with van der Waals surface area (Å²) in [6, 6.07) is 6.93. The minimum Gasteiger partial charge on any atom is -0.478 e. The van der Waals surface area contributed by atoms with Crippen LogP contribution in [0.2, 0.25) is 0 Å². The summed E-state index contributed by atoms with van der Waals surface area (Å²) >= 11 is 0. The van der Waals surface area contributed by atoms with Gasteiger partial charge in [0.1, 0.15) is 0 Å². The molecule has 0 saturated heterocycles. The van der Waals surface area contributed by atoms with Crippen molar-refractivity contribution in [1.82, 2.24) is 5.32 Å². The van der Waals surface area contributed by atoms with Crippen molar-refractivity contribution in [3.8, 4) is 0 Å². The van der Waals surface area contributed by atoms with Gasteiger partial charge >= 0.3 is 5.97 Å². The number of hydrogen-bond acceptors (Lipinski definition) is 2. The zero-order valence-corrected chi connectivity index (χ0v) is 10.5. The molecule has 4 heteroatoms. The molecule has 0 bridgehead atoms. The van der Waals surface area contributed by atoms with Gasteiger partial charge in [-0.25, -0.2) is 4.79 Å². The number of carboxylic acids is 1. The Balaban J connectivity index is 2.70. The van der Waals surface area contributed by atoms with Crippen LogP contribution in [0.1, 0.15) is 36.2 Å². The molecule has 1 rings (SSSR count). The molecule has 0 heterocycles. The standard InChI is InChI=1S/C14H17NO3/c1-3-10(2)15-14(18)12-7-4-11(5-8-12)6-9-13(16)17/h4-10H,3H2,1-2H3,(H,15,18)(H,16,17). The van der Waals surface area contributed by atoms with E-state index in [4.69, 9.17) is 5.11 Å². The van der Waals surface area contributed by atoms with E-state index in [1.54, 1.807) is 24.3 Å². The molecule has 96 valence electrons. The molecule has 0 aromatic heterocycles. The van der Waals surface area contributed by atoms with Crippen molar-refractivity contribution in [2.24, 2.45) is 0 Å². The minimum atomic E-state index is -0.992. The van der Waals surface area contributed by atoms with E-state index in [0.29, 0.717) is 5.56 Å². The molecule has 0 aliphatic heterocycles. The average Bonchev–Trinajstić information content (AvgIpc) is 2.36. The second-order valence-electron chi connectivity index (χ2n) is 4.08. The molecule has 0 aliphatic carbocycles. The molecule has 1 aromatic rings. The van der Waals surface area contributed by atoms with Gasteiger partial charge in [-0.2, -0.15) is 0 Å². The second-order valence-corrected chi connectivity index (χ2v) is 4.08. The molecule has 0 fully saturated rings. The van der Waals surface area contributed by atoms with Crippen LogP contribution in [-0.4, -0.2) is 23.0 Å². The maximum absolute atomic E-state index is 11.8. The van der Waals surface area contributed by atoms with Gasteiger partial charge in [0.05, 0.1) is 0 Å². The van der Waals surface area contributed by atoms with Gasteiger partial charge in [0.15, 0.2) is 0 Å². The first kappa shape index (κ1) is 14.0. The number of benzene rings is 1. The first-order valence-corrected chi connectivity index (χ1v) is 5.85. The van der Waals surface area contributed by atoms with Gasteiger partial charge in [-0.3, -0.25) is 4.79 Å². The van der Waals surface area contributed by atoms with E-state index >= 15 is 0 Å². The number of amides is 1. The Morgan fingerprint density at radius 3 is 2.44 bits per heavy atom. The highest BCUT2D eigenvalue weighted by atomic mass is 16.4. The summed E-state index contributed by atoms with van der Waals surface area (Å²) in [5.74, 6) is -1.10. The average molecular weight is 247 g/mol. The van der Waals surface area contributed by atoms with E-state index in [-0.39, 0.29) is 11.9 Å². The topological polar surface area (TPSA) is 66.4 Å². The van der Waals surface area contributed by atoms with Crippen LogP contribution in [0.25, 0.3) is 6.08 Å². The lowest BCUT2D eigenvalue weighted by molar-refractivity contribution is -0.131. The molecular formula is C14H17NO3. The van der Waals surface area contributed by atoms with E-state index in [1.807, 2.05) is 13.8 Å². The molecule has 0 radical (unpaired) electrons. The molecule has 0 saturated carbocycles. The van der Waals surface area contributed by atoms with Crippen LogP contribution >= 0.6 is 0 Å². The summed E-state index contributed by atoms with van der Waals surface area (Å²) in [6.07, 6.45) is 3.43. The summed E-state index contributed by atoms with van der Waals surface area (Å²) in [5.41, 5.74) is 1.32. The Morgan fingerprint density at radius 2 is 1.94 bits per heavy atom. The predicted molar refractivity (Wildman–Crippen MR) is 70.3 cm³/mol. The van der Waals surface area contributed by atoms with Crippen LogP contribution in [0.5, 0.6) is 0 Å². The lowest BCUT2D eigenvalue weighted by atomic mass is 10.1. The lowest BCUT2D eigenvalue weighted by Gasteiger charge is -2.11. The van der Waals surface area contributed by atoms with Crippen LogP contribution in [0.15, 0.2) is 30.3 Å². The molecule has 0 spiro atoms. The zero-order chi connectivity index (χ0) is 13.5. The molecule has 1 aromatic carbocycles. The Morgan fingerprint density at radius 1 is 1.33 bits per heavy atom. The van der Waals surface area contributed by atoms with Gasteiger partial charge in [-0.15, -0.1) is 0 Å². The molecule has 4 nitrogen and oxygen atoms in total. The van der Waals surface area contributed by atoms with Crippen LogP contribution in [-0.2, 0) is 4.79 Å². The largest absolute Gasteiger partial charge is 0.478 e. The van der Waals surface area contributed by atoms with E-state index in [2.05, 4.69) is 5.32 Å². The Kier molecular flexibility index (Phi) is 5.11. The quantitative estimate of drug-likeness (QED) is 0.785. The van der Waals surface area contributed by atoms with Crippen LogP contribution in [0.3, 0.4) is 0 Å². The maximum Gasteiger partial charge on any atom is 0.328 e. The van der Waals surface area contributed by atoms with E-state index in [9.17, 15) is 9.59 Å². The first-order chi connectivity index (χ1) is 8.52. The third-order valence-corrected chi connectivity index (χ3v) is 2.58. The Labute approximate surface area is 106 Å². The SMILES string of the molecule is CCC(C)NC(=O)c1ccc(C=CC(=O)O)cc1. The van der Waals surface area contributed by atoms with Crippen molar-refractivity contribution >= 4 is 18.0 Å². The molecule has 0 aliphatic rings. The molecule has 1 atom stereocenters. The van der Waals surface area contributed by atoms with Crippen molar-refractivity contribution in [3.05, 3.63) is 41.5 Å². The highest BCUT2D eigenvalue weighted by molar-refractivity contribution is 5.94. The van der Waals surface area contributed by atoms with Crippen LogP contribution in [0.4, 0.5) is 0 Å². The van der Waals surface area contributed by atoms with Gasteiger partial charge in [-0.1, -0.05) is 19.1 Å². The Hall–Kier alpha value is -2.10. The molecule has 1 amide bonds. The van der Waals surface area contributed by atoms with Crippen molar-refractivity contribution in [2.45, 2.75) is 26.3 Å². The second kappa shape index (κ2) is 6.59.